The van der Waals surface area contributed by atoms with Crippen molar-refractivity contribution in [3.63, 3.8) is 0 Å². The molecular weight excluding hydrogens is 399 g/mol. The first kappa shape index (κ1) is 23.0. The van der Waals surface area contributed by atoms with Gasteiger partial charge in [-0.2, -0.15) is 0 Å². The van der Waals surface area contributed by atoms with Crippen LogP contribution >= 0.6 is 24.0 Å². The van der Waals surface area contributed by atoms with Crippen LogP contribution in [0.1, 0.15) is 66.2 Å². The number of hydrogen-bond donors (Lipinski definition) is 2. The quantitative estimate of drug-likeness (QED) is 0.236. The average molecular weight is 438 g/mol. The summed E-state index contributed by atoms with van der Waals surface area (Å²) >= 11 is 0. The van der Waals surface area contributed by atoms with E-state index in [1.165, 1.54) is 45.1 Å². The highest BCUT2D eigenvalue weighted by Crippen LogP contribution is 2.43. The van der Waals surface area contributed by atoms with Gasteiger partial charge in [-0.25, -0.2) is 0 Å². The first-order chi connectivity index (χ1) is 10.5. The summed E-state index contributed by atoms with van der Waals surface area (Å²) in [5, 5.41) is 6.86. The van der Waals surface area contributed by atoms with Gasteiger partial charge in [0.15, 0.2) is 5.96 Å². The Hall–Kier alpha value is -0.0400. The monoisotopic (exact) mass is 438 g/mol. The van der Waals surface area contributed by atoms with Crippen LogP contribution in [0.4, 0.5) is 0 Å². The van der Waals surface area contributed by atoms with Crippen LogP contribution in [0, 0.1) is 5.41 Å². The van der Waals surface area contributed by atoms with Gasteiger partial charge in [-0.15, -0.1) is 24.0 Å². The normalized spacial score (nSPS) is 16.9. The lowest BCUT2D eigenvalue weighted by molar-refractivity contribution is 0.139. The first-order valence-electron chi connectivity index (χ1n) is 9.25. The van der Waals surface area contributed by atoms with Crippen molar-refractivity contribution < 1.29 is 0 Å². The fraction of sp³-hybridized carbons (Fsp3) is 0.944. The zero-order valence-electron chi connectivity index (χ0n) is 16.0. The zero-order chi connectivity index (χ0) is 16.4. The predicted molar refractivity (Wildman–Crippen MR) is 113 cm³/mol. The Morgan fingerprint density at radius 1 is 1.17 bits per heavy atom. The van der Waals surface area contributed by atoms with Crippen molar-refractivity contribution in [3.8, 4) is 0 Å². The highest BCUT2D eigenvalue weighted by molar-refractivity contribution is 14.0. The topological polar surface area (TPSA) is 39.7 Å². The molecule has 1 aliphatic rings. The van der Waals surface area contributed by atoms with Crippen LogP contribution in [0.2, 0.25) is 0 Å². The molecule has 0 amide bonds. The van der Waals surface area contributed by atoms with Gasteiger partial charge >= 0.3 is 0 Å². The van der Waals surface area contributed by atoms with Crippen molar-refractivity contribution in [2.75, 3.05) is 33.2 Å². The van der Waals surface area contributed by atoms with Crippen molar-refractivity contribution in [2.45, 2.75) is 72.3 Å². The molecule has 0 aromatic carbocycles. The summed E-state index contributed by atoms with van der Waals surface area (Å²) in [5.74, 6) is 0.999. The number of hydrogen-bond acceptors (Lipinski definition) is 2. The third kappa shape index (κ3) is 8.57. The minimum atomic E-state index is 0. The number of nitrogens with zero attached hydrogens (tertiary/aromatic N) is 2. The van der Waals surface area contributed by atoms with E-state index in [0.29, 0.717) is 11.5 Å². The Kier molecular flexibility index (Phi) is 12.3. The largest absolute Gasteiger partial charge is 0.357 e. The molecule has 1 saturated carbocycles. The summed E-state index contributed by atoms with van der Waals surface area (Å²) in [7, 11) is 2.20. The smallest absolute Gasteiger partial charge is 0.191 e. The molecule has 2 N–H and O–H groups in total. The molecule has 0 aliphatic heterocycles. The maximum Gasteiger partial charge on any atom is 0.191 e. The molecule has 4 nitrogen and oxygen atoms in total. The second-order valence-corrected chi connectivity index (χ2v) is 7.11. The van der Waals surface area contributed by atoms with Crippen LogP contribution in [-0.4, -0.2) is 50.1 Å². The van der Waals surface area contributed by atoms with Crippen LogP contribution in [0.3, 0.4) is 0 Å². The zero-order valence-corrected chi connectivity index (χ0v) is 18.3. The minimum absolute atomic E-state index is 0. The second kappa shape index (κ2) is 12.3. The Labute approximate surface area is 161 Å². The lowest BCUT2D eigenvalue weighted by Crippen LogP contribution is -2.40. The third-order valence-electron chi connectivity index (χ3n) is 5.19. The van der Waals surface area contributed by atoms with E-state index in [0.717, 1.165) is 25.6 Å². The van der Waals surface area contributed by atoms with Gasteiger partial charge in [0.2, 0.25) is 0 Å². The fourth-order valence-electron chi connectivity index (χ4n) is 2.84. The van der Waals surface area contributed by atoms with Crippen molar-refractivity contribution in [1.82, 2.24) is 15.5 Å². The molecule has 0 aromatic heterocycles. The van der Waals surface area contributed by atoms with E-state index in [4.69, 9.17) is 4.99 Å². The van der Waals surface area contributed by atoms with Crippen molar-refractivity contribution in [2.24, 2.45) is 10.4 Å². The van der Waals surface area contributed by atoms with Crippen LogP contribution in [0.5, 0.6) is 0 Å². The van der Waals surface area contributed by atoms with Gasteiger partial charge < -0.3 is 15.5 Å². The van der Waals surface area contributed by atoms with Gasteiger partial charge in [0.25, 0.3) is 0 Å². The van der Waals surface area contributed by atoms with E-state index in [1.54, 1.807) is 0 Å². The number of rotatable bonds is 10. The molecule has 0 radical (unpaired) electrons. The Bertz CT molecular complexity index is 321. The SMILES string of the molecule is CCNC(=NCC1(CC)CCC1)NCCCCN(C)C(C)C.I. The number of nitrogens with one attached hydrogen (secondary N) is 2. The van der Waals surface area contributed by atoms with Crippen molar-refractivity contribution in [3.05, 3.63) is 0 Å². The van der Waals surface area contributed by atoms with E-state index in [1.807, 2.05) is 0 Å². The maximum absolute atomic E-state index is 4.82. The van der Waals surface area contributed by atoms with E-state index < -0.39 is 0 Å². The standard InChI is InChI=1S/C18H38N4.HI/c1-6-18(11-10-12-18)15-21-17(19-7-2)20-13-8-9-14-22(5)16(3)4;/h16H,6-15H2,1-5H3,(H2,19,20,21);1H. The highest BCUT2D eigenvalue weighted by Gasteiger charge is 2.34. The molecule has 138 valence electrons. The molecule has 1 fully saturated rings. The second-order valence-electron chi connectivity index (χ2n) is 7.11. The van der Waals surface area contributed by atoms with Crippen molar-refractivity contribution >= 4 is 29.9 Å². The average Bonchev–Trinajstić information content (AvgIpc) is 2.45. The summed E-state index contributed by atoms with van der Waals surface area (Å²) in [6, 6.07) is 0.638. The Morgan fingerprint density at radius 3 is 2.35 bits per heavy atom. The molecule has 0 aromatic rings. The van der Waals surface area contributed by atoms with E-state index in [2.05, 4.69) is 50.3 Å². The van der Waals surface area contributed by atoms with Crippen LogP contribution in [0.25, 0.3) is 0 Å². The lowest BCUT2D eigenvalue weighted by Gasteiger charge is -2.40. The van der Waals surface area contributed by atoms with E-state index in [9.17, 15) is 0 Å². The van der Waals surface area contributed by atoms with Crippen LogP contribution in [-0.2, 0) is 0 Å². The van der Waals surface area contributed by atoms with Gasteiger partial charge in [-0.3, -0.25) is 4.99 Å². The van der Waals surface area contributed by atoms with Gasteiger partial charge in [0.1, 0.15) is 0 Å². The first-order valence-corrected chi connectivity index (χ1v) is 9.25. The van der Waals surface area contributed by atoms with Crippen LogP contribution < -0.4 is 10.6 Å². The molecule has 1 rings (SSSR count). The molecule has 0 atom stereocenters. The number of unbranched alkanes of at least 4 members (excludes halogenated alkanes) is 1. The van der Waals surface area contributed by atoms with Crippen molar-refractivity contribution in [1.29, 1.82) is 0 Å². The summed E-state index contributed by atoms with van der Waals surface area (Å²) in [4.78, 5) is 7.23. The lowest BCUT2D eigenvalue weighted by atomic mass is 9.67. The van der Waals surface area contributed by atoms with E-state index in [-0.39, 0.29) is 24.0 Å². The highest BCUT2D eigenvalue weighted by atomic mass is 127. The molecule has 0 spiro atoms. The number of guanidine groups is 1. The molecule has 0 bridgehead atoms. The molecule has 5 heteroatoms. The molecule has 0 unspecified atom stereocenters. The molecule has 1 aliphatic carbocycles. The molecule has 0 heterocycles. The number of halogens is 1. The summed E-state index contributed by atoms with van der Waals surface area (Å²) < 4.78 is 0. The molecular formula is C18H39IN4. The minimum Gasteiger partial charge on any atom is -0.357 e. The van der Waals surface area contributed by atoms with E-state index >= 15 is 0 Å². The van der Waals surface area contributed by atoms with Gasteiger partial charge in [-0.05, 0) is 71.9 Å². The Morgan fingerprint density at radius 2 is 1.87 bits per heavy atom. The molecule has 23 heavy (non-hydrogen) atoms. The van der Waals surface area contributed by atoms with Gasteiger partial charge in [0.05, 0.1) is 0 Å². The van der Waals surface area contributed by atoms with Gasteiger partial charge in [0, 0.05) is 25.7 Å². The summed E-state index contributed by atoms with van der Waals surface area (Å²) in [6.45, 7) is 13.0. The van der Waals surface area contributed by atoms with Gasteiger partial charge in [-0.1, -0.05) is 13.3 Å². The summed E-state index contributed by atoms with van der Waals surface area (Å²) in [5.41, 5.74) is 0.502. The third-order valence-corrected chi connectivity index (χ3v) is 5.19. The fourth-order valence-corrected chi connectivity index (χ4v) is 2.84. The van der Waals surface area contributed by atoms with Crippen LogP contribution in [0.15, 0.2) is 4.99 Å². The predicted octanol–water partition coefficient (Wildman–Crippen LogP) is 3.86. The number of aliphatic imine (C=N–C) groups is 1. The Balaban J connectivity index is 0.00000484. The maximum atomic E-state index is 4.82. The summed E-state index contributed by atoms with van der Waals surface area (Å²) in [6.07, 6.45) is 7.79. The molecule has 0 saturated heterocycles.